The molecule has 0 saturated carbocycles. The predicted octanol–water partition coefficient (Wildman–Crippen LogP) is 6.11. The first kappa shape index (κ1) is 34.6. The number of rotatable bonds is 11. The number of carbonyl (C=O) groups is 3. The molecule has 1 atom stereocenters. The van der Waals surface area contributed by atoms with Gasteiger partial charge in [0.1, 0.15) is 0 Å². The Labute approximate surface area is 311 Å². The molecule has 1 saturated heterocycles. The average molecular weight is 722 g/mol. The van der Waals surface area contributed by atoms with Gasteiger partial charge in [0.05, 0.1) is 29.2 Å². The van der Waals surface area contributed by atoms with E-state index in [9.17, 15) is 14.4 Å². The molecule has 5 aromatic carbocycles. The van der Waals surface area contributed by atoms with E-state index in [1.54, 1.807) is 58.9 Å². The Morgan fingerprint density at radius 2 is 1.50 bits per heavy atom. The van der Waals surface area contributed by atoms with Gasteiger partial charge in [-0.05, 0) is 103 Å². The van der Waals surface area contributed by atoms with E-state index >= 15 is 0 Å². The summed E-state index contributed by atoms with van der Waals surface area (Å²) in [6.45, 7) is 2.51. The molecule has 1 unspecified atom stereocenters. The van der Waals surface area contributed by atoms with Crippen LogP contribution in [-0.4, -0.2) is 45.6 Å². The highest BCUT2D eigenvalue weighted by Crippen LogP contribution is 2.46. The summed E-state index contributed by atoms with van der Waals surface area (Å²) in [5.41, 5.74) is 11.3. The number of hydrogen-bond donors (Lipinski definition) is 5. The van der Waals surface area contributed by atoms with Crippen LogP contribution in [0.3, 0.4) is 0 Å². The van der Waals surface area contributed by atoms with Crippen LogP contribution in [0.4, 0.5) is 11.6 Å². The fourth-order valence-corrected chi connectivity index (χ4v) is 7.41. The molecule has 272 valence electrons. The Morgan fingerprint density at radius 3 is 2.24 bits per heavy atom. The van der Waals surface area contributed by atoms with Crippen molar-refractivity contribution in [1.82, 2.24) is 25.8 Å². The SMILES string of the molecule is O=C(NO)c1ccc(CN2C(=O)C(C3CCNCC3)c3ccc(ONC(=O)c4ccc(CNc5nc6ccccc6n5-c5ccccc5)cc4)cc32)cc1. The zero-order valence-electron chi connectivity index (χ0n) is 29.4. The van der Waals surface area contributed by atoms with Gasteiger partial charge in [0.25, 0.3) is 11.8 Å². The number of benzene rings is 5. The number of fused-ring (bicyclic) bond motifs is 2. The van der Waals surface area contributed by atoms with Crippen LogP contribution in [0.5, 0.6) is 5.75 Å². The minimum absolute atomic E-state index is 0.0159. The third-order valence-electron chi connectivity index (χ3n) is 10.2. The lowest BCUT2D eigenvalue weighted by atomic mass is 9.81. The van der Waals surface area contributed by atoms with E-state index in [2.05, 4.69) is 20.7 Å². The number of hydroxylamine groups is 2. The highest BCUT2D eigenvalue weighted by molar-refractivity contribution is 6.05. The molecule has 5 N–H and O–H groups in total. The van der Waals surface area contributed by atoms with Gasteiger partial charge in [-0.2, -0.15) is 5.48 Å². The number of imidazole rings is 1. The topological polar surface area (TPSA) is 150 Å². The standard InChI is InChI=1S/C42H39N7O5/c50-39(46-53)30-16-12-28(13-17-30)26-48-37-24-33(18-19-34(37)38(41(48)52)29-20-22-43-23-21-29)54-47-40(51)31-14-10-27(11-15-31)25-44-42-45-35-8-4-5-9-36(35)49(42)32-6-2-1-3-7-32/h1-19,24,29,38,43,53H,20-23,25-26H2,(H,44,45)(H,46,50)(H,47,51). The lowest BCUT2D eigenvalue weighted by molar-refractivity contribution is -0.120. The van der Waals surface area contributed by atoms with Crippen LogP contribution in [0.25, 0.3) is 16.7 Å². The zero-order chi connectivity index (χ0) is 37.0. The van der Waals surface area contributed by atoms with Gasteiger partial charge in [0.2, 0.25) is 11.9 Å². The number of aromatic nitrogens is 2. The second-order valence-corrected chi connectivity index (χ2v) is 13.5. The summed E-state index contributed by atoms with van der Waals surface area (Å²) in [5.74, 6) is 0.0327. The summed E-state index contributed by atoms with van der Waals surface area (Å²) >= 11 is 0. The highest BCUT2D eigenvalue weighted by Gasteiger charge is 2.42. The number of para-hydroxylation sites is 3. The molecule has 2 aliphatic rings. The van der Waals surface area contributed by atoms with Gasteiger partial charge in [-0.25, -0.2) is 10.5 Å². The molecule has 2 aliphatic heterocycles. The second kappa shape index (κ2) is 15.2. The molecule has 0 bridgehead atoms. The average Bonchev–Trinajstić information content (AvgIpc) is 3.73. The van der Waals surface area contributed by atoms with Gasteiger partial charge in [-0.1, -0.05) is 60.7 Å². The molecule has 8 rings (SSSR count). The fourth-order valence-electron chi connectivity index (χ4n) is 7.41. The molecule has 12 nitrogen and oxygen atoms in total. The van der Waals surface area contributed by atoms with Gasteiger partial charge in [0.15, 0.2) is 5.75 Å². The monoisotopic (exact) mass is 721 g/mol. The molecule has 3 heterocycles. The van der Waals surface area contributed by atoms with Crippen molar-refractivity contribution in [2.75, 3.05) is 23.3 Å². The minimum atomic E-state index is -0.608. The first-order chi connectivity index (χ1) is 26.5. The van der Waals surface area contributed by atoms with Gasteiger partial charge < -0.3 is 20.4 Å². The third kappa shape index (κ3) is 6.99. The van der Waals surface area contributed by atoms with Gasteiger partial charge in [-0.3, -0.25) is 24.2 Å². The summed E-state index contributed by atoms with van der Waals surface area (Å²) in [5, 5.41) is 15.8. The Balaban J connectivity index is 0.947. The molecule has 0 radical (unpaired) electrons. The normalized spacial score (nSPS) is 15.5. The van der Waals surface area contributed by atoms with Crippen LogP contribution in [-0.2, 0) is 17.9 Å². The third-order valence-corrected chi connectivity index (χ3v) is 10.2. The van der Waals surface area contributed by atoms with Gasteiger partial charge in [-0.15, -0.1) is 0 Å². The van der Waals surface area contributed by atoms with Gasteiger partial charge >= 0.3 is 0 Å². The van der Waals surface area contributed by atoms with Crippen molar-refractivity contribution in [2.24, 2.45) is 5.92 Å². The maximum absolute atomic E-state index is 14.0. The first-order valence-corrected chi connectivity index (χ1v) is 18.0. The smallest absolute Gasteiger partial charge is 0.283 e. The minimum Gasteiger partial charge on any atom is -0.379 e. The zero-order valence-corrected chi connectivity index (χ0v) is 29.4. The maximum Gasteiger partial charge on any atom is 0.283 e. The predicted molar refractivity (Wildman–Crippen MR) is 205 cm³/mol. The van der Waals surface area contributed by atoms with Crippen molar-refractivity contribution in [2.45, 2.75) is 31.8 Å². The largest absolute Gasteiger partial charge is 0.379 e. The number of piperidine rings is 1. The van der Waals surface area contributed by atoms with Crippen molar-refractivity contribution in [3.63, 3.8) is 0 Å². The van der Waals surface area contributed by atoms with Crippen molar-refractivity contribution < 1.29 is 24.4 Å². The number of nitrogens with one attached hydrogen (secondary N) is 4. The van der Waals surface area contributed by atoms with Crippen LogP contribution in [0.1, 0.15) is 56.2 Å². The van der Waals surface area contributed by atoms with E-state index in [0.29, 0.717) is 23.4 Å². The van der Waals surface area contributed by atoms with Crippen LogP contribution in [0, 0.1) is 5.92 Å². The van der Waals surface area contributed by atoms with E-state index in [0.717, 1.165) is 71.0 Å². The van der Waals surface area contributed by atoms with Crippen LogP contribution < -0.4 is 31.3 Å². The Hall–Kier alpha value is -6.50. The molecule has 3 amide bonds. The maximum atomic E-state index is 14.0. The van der Waals surface area contributed by atoms with Crippen molar-refractivity contribution in [1.29, 1.82) is 0 Å². The number of carbonyl (C=O) groups excluding carboxylic acids is 3. The Bertz CT molecular complexity index is 2300. The number of nitrogens with zero attached hydrogens (tertiary/aromatic N) is 3. The van der Waals surface area contributed by atoms with E-state index < -0.39 is 11.8 Å². The summed E-state index contributed by atoms with van der Waals surface area (Å²) < 4.78 is 2.09. The second-order valence-electron chi connectivity index (χ2n) is 13.5. The molecule has 54 heavy (non-hydrogen) atoms. The van der Waals surface area contributed by atoms with E-state index in [1.807, 2.05) is 72.8 Å². The summed E-state index contributed by atoms with van der Waals surface area (Å²) in [6.07, 6.45) is 1.79. The highest BCUT2D eigenvalue weighted by atomic mass is 16.7. The summed E-state index contributed by atoms with van der Waals surface area (Å²) in [6, 6.07) is 37.6. The lowest BCUT2D eigenvalue weighted by Crippen LogP contribution is -2.36. The quantitative estimate of drug-likeness (QED) is 0.0795. The molecule has 0 aliphatic carbocycles. The molecule has 6 aromatic rings. The summed E-state index contributed by atoms with van der Waals surface area (Å²) in [4.78, 5) is 51.4. The number of hydrogen-bond acceptors (Lipinski definition) is 8. The molecule has 0 spiro atoms. The molecule has 1 fully saturated rings. The molecule has 1 aromatic heterocycles. The van der Waals surface area contributed by atoms with Crippen molar-refractivity contribution in [3.05, 3.63) is 149 Å². The van der Waals surface area contributed by atoms with E-state index in [4.69, 9.17) is 15.0 Å². The fraction of sp³-hybridized carbons (Fsp3) is 0.190. The summed E-state index contributed by atoms with van der Waals surface area (Å²) in [7, 11) is 0. The van der Waals surface area contributed by atoms with Crippen molar-refractivity contribution >= 4 is 40.4 Å². The van der Waals surface area contributed by atoms with Crippen molar-refractivity contribution in [3.8, 4) is 11.4 Å². The van der Waals surface area contributed by atoms with Crippen LogP contribution in [0.2, 0.25) is 0 Å². The van der Waals surface area contributed by atoms with Crippen LogP contribution >= 0.6 is 0 Å². The molecular weight excluding hydrogens is 683 g/mol. The first-order valence-electron chi connectivity index (χ1n) is 18.0. The molecular formula is C42H39N7O5. The number of amides is 3. The van der Waals surface area contributed by atoms with E-state index in [1.165, 1.54) is 0 Å². The molecule has 12 heteroatoms. The lowest BCUT2D eigenvalue weighted by Gasteiger charge is -2.27. The Morgan fingerprint density at radius 1 is 0.815 bits per heavy atom. The van der Waals surface area contributed by atoms with Crippen LogP contribution in [0.15, 0.2) is 121 Å². The van der Waals surface area contributed by atoms with E-state index in [-0.39, 0.29) is 24.3 Å². The number of anilines is 2. The Kier molecular flexibility index (Phi) is 9.75. The van der Waals surface area contributed by atoms with Gasteiger partial charge in [0, 0.05) is 29.4 Å².